The van der Waals surface area contributed by atoms with Gasteiger partial charge in [0, 0.05) is 18.3 Å². The van der Waals surface area contributed by atoms with E-state index in [1.807, 2.05) is 0 Å². The van der Waals surface area contributed by atoms with Crippen molar-refractivity contribution < 1.29 is 22.5 Å². The molecule has 2 heterocycles. The van der Waals surface area contributed by atoms with E-state index in [2.05, 4.69) is 35.4 Å². The van der Waals surface area contributed by atoms with Gasteiger partial charge in [0.25, 0.3) is 5.82 Å². The van der Waals surface area contributed by atoms with E-state index in [4.69, 9.17) is 0 Å². The summed E-state index contributed by atoms with van der Waals surface area (Å²) < 4.78 is 43.6. The third-order valence-corrected chi connectivity index (χ3v) is 3.39. The summed E-state index contributed by atoms with van der Waals surface area (Å²) in [6.45, 7) is 1.42. The molecule has 142 valence electrons. The molecule has 1 aromatic carbocycles. The van der Waals surface area contributed by atoms with E-state index in [0.29, 0.717) is 17.1 Å². The molecule has 0 aliphatic rings. The highest BCUT2D eigenvalue weighted by molar-refractivity contribution is 5.90. The number of hydrogen-bond acceptors (Lipinski definition) is 6. The van der Waals surface area contributed by atoms with Crippen LogP contribution in [0, 0.1) is 0 Å². The van der Waals surface area contributed by atoms with E-state index in [-0.39, 0.29) is 5.89 Å². The molecule has 3 rings (SSSR count). The molecule has 0 saturated heterocycles. The number of carbonyl (C=O) groups is 1. The van der Waals surface area contributed by atoms with Gasteiger partial charge in [0.1, 0.15) is 12.4 Å². The summed E-state index contributed by atoms with van der Waals surface area (Å²) in [7, 11) is 1.73. The van der Waals surface area contributed by atoms with Gasteiger partial charge in [-0.25, -0.2) is 9.78 Å². The van der Waals surface area contributed by atoms with Crippen LogP contribution < -0.4 is 10.6 Å². The van der Waals surface area contributed by atoms with Crippen LogP contribution in [0.1, 0.15) is 24.7 Å². The van der Waals surface area contributed by atoms with Gasteiger partial charge in [0.05, 0.1) is 0 Å². The van der Waals surface area contributed by atoms with Crippen molar-refractivity contribution in [3.05, 3.63) is 42.3 Å². The number of rotatable bonds is 4. The maximum Gasteiger partial charge on any atom is 0.455 e. The lowest BCUT2D eigenvalue weighted by atomic mass is 10.2. The molecule has 2 aromatic heterocycles. The fourth-order valence-electron chi connectivity index (χ4n) is 2.16. The lowest BCUT2D eigenvalue weighted by Gasteiger charge is -2.11. The Labute approximate surface area is 150 Å². The number of aryl methyl sites for hydroxylation is 1. The zero-order chi connectivity index (χ0) is 19.6. The predicted octanol–water partition coefficient (Wildman–Crippen LogP) is 2.77. The number of hydrogen-bond donors (Lipinski definition) is 2. The van der Waals surface area contributed by atoms with Crippen LogP contribution in [-0.4, -0.2) is 30.9 Å². The first kappa shape index (κ1) is 18.4. The molecule has 0 saturated carbocycles. The van der Waals surface area contributed by atoms with Crippen molar-refractivity contribution in [3.63, 3.8) is 0 Å². The third kappa shape index (κ3) is 4.40. The van der Waals surface area contributed by atoms with Gasteiger partial charge in [-0.3, -0.25) is 4.68 Å². The third-order valence-electron chi connectivity index (χ3n) is 3.39. The summed E-state index contributed by atoms with van der Waals surface area (Å²) in [5, 5.41) is 12.0. The molecule has 1 unspecified atom stereocenters. The molecule has 2 amide bonds. The molecule has 0 bridgehead atoms. The molecular weight excluding hydrogens is 367 g/mol. The standard InChI is InChI=1S/C15H14F3N7O2/c1-8(12-22-13(24-27-12)15(16,17)18)20-14(26)21-10-5-3-4-9(6-10)11-19-7-25(2)23-11/h3-8H,1-2H3,(H2,20,21,26). The number of carbonyl (C=O) groups excluding carboxylic acids is 1. The summed E-state index contributed by atoms with van der Waals surface area (Å²) in [5.74, 6) is -1.27. The molecule has 9 nitrogen and oxygen atoms in total. The van der Waals surface area contributed by atoms with Gasteiger partial charge < -0.3 is 15.2 Å². The predicted molar refractivity (Wildman–Crippen MR) is 86.3 cm³/mol. The Balaban J connectivity index is 1.64. The fraction of sp³-hybridized carbons (Fsp3) is 0.267. The molecule has 3 aromatic rings. The van der Waals surface area contributed by atoms with Crippen molar-refractivity contribution >= 4 is 11.7 Å². The van der Waals surface area contributed by atoms with Crippen LogP contribution in [0.4, 0.5) is 23.7 Å². The van der Waals surface area contributed by atoms with E-state index in [0.717, 1.165) is 0 Å². The number of anilines is 1. The quantitative estimate of drug-likeness (QED) is 0.719. The summed E-state index contributed by atoms with van der Waals surface area (Å²) in [5.41, 5.74) is 1.14. The Morgan fingerprint density at radius 3 is 2.74 bits per heavy atom. The van der Waals surface area contributed by atoms with Crippen molar-refractivity contribution in [2.75, 3.05) is 5.32 Å². The average molecular weight is 381 g/mol. The van der Waals surface area contributed by atoms with E-state index < -0.39 is 24.1 Å². The SMILES string of the molecule is CC(NC(=O)Nc1cccc(-c2ncn(C)n2)c1)c1nc(C(F)(F)F)no1. The number of halogens is 3. The van der Waals surface area contributed by atoms with Crippen molar-refractivity contribution in [1.29, 1.82) is 0 Å². The van der Waals surface area contributed by atoms with Crippen molar-refractivity contribution in [3.8, 4) is 11.4 Å². The monoisotopic (exact) mass is 381 g/mol. The van der Waals surface area contributed by atoms with Crippen LogP contribution in [0.2, 0.25) is 0 Å². The number of nitrogens with one attached hydrogen (secondary N) is 2. The number of amides is 2. The molecule has 0 radical (unpaired) electrons. The molecule has 12 heteroatoms. The zero-order valence-electron chi connectivity index (χ0n) is 14.2. The van der Waals surface area contributed by atoms with Crippen LogP contribution in [0.5, 0.6) is 0 Å². The van der Waals surface area contributed by atoms with Gasteiger partial charge in [-0.15, -0.1) is 0 Å². The second kappa shape index (κ2) is 7.05. The van der Waals surface area contributed by atoms with E-state index >= 15 is 0 Å². The number of urea groups is 1. The summed E-state index contributed by atoms with van der Waals surface area (Å²) in [4.78, 5) is 19.4. The Morgan fingerprint density at radius 1 is 1.33 bits per heavy atom. The largest absolute Gasteiger partial charge is 0.455 e. The second-order valence-corrected chi connectivity index (χ2v) is 5.60. The molecule has 0 aliphatic carbocycles. The lowest BCUT2D eigenvalue weighted by molar-refractivity contribution is -0.146. The first-order chi connectivity index (χ1) is 12.7. The first-order valence-corrected chi connectivity index (χ1v) is 7.67. The molecule has 0 aliphatic heterocycles. The number of alkyl halides is 3. The van der Waals surface area contributed by atoms with Crippen LogP contribution >= 0.6 is 0 Å². The topological polar surface area (TPSA) is 111 Å². The molecule has 27 heavy (non-hydrogen) atoms. The molecule has 2 N–H and O–H groups in total. The average Bonchev–Trinajstić information content (AvgIpc) is 3.23. The van der Waals surface area contributed by atoms with Crippen LogP contribution in [0.3, 0.4) is 0 Å². The molecule has 1 atom stereocenters. The van der Waals surface area contributed by atoms with Gasteiger partial charge >= 0.3 is 12.2 Å². The summed E-state index contributed by atoms with van der Waals surface area (Å²) in [6.07, 6.45) is -3.17. The highest BCUT2D eigenvalue weighted by Crippen LogP contribution is 2.27. The van der Waals surface area contributed by atoms with E-state index in [1.165, 1.54) is 6.92 Å². The van der Waals surface area contributed by atoms with Crippen LogP contribution in [-0.2, 0) is 13.2 Å². The van der Waals surface area contributed by atoms with Crippen molar-refractivity contribution in [2.45, 2.75) is 19.1 Å². The number of nitrogens with zero attached hydrogens (tertiary/aromatic N) is 5. The smallest absolute Gasteiger partial charge is 0.337 e. The molecular formula is C15H14F3N7O2. The minimum Gasteiger partial charge on any atom is -0.337 e. The highest BCUT2D eigenvalue weighted by atomic mass is 19.4. The maximum absolute atomic E-state index is 12.5. The van der Waals surface area contributed by atoms with Gasteiger partial charge in [0.2, 0.25) is 5.89 Å². The van der Waals surface area contributed by atoms with Crippen molar-refractivity contribution in [1.82, 2.24) is 30.2 Å². The number of benzene rings is 1. The summed E-state index contributed by atoms with van der Waals surface area (Å²) in [6, 6.07) is 5.21. The second-order valence-electron chi connectivity index (χ2n) is 5.60. The summed E-state index contributed by atoms with van der Waals surface area (Å²) >= 11 is 0. The molecule has 0 spiro atoms. The Morgan fingerprint density at radius 2 is 2.11 bits per heavy atom. The van der Waals surface area contributed by atoms with E-state index in [1.54, 1.807) is 42.3 Å². The zero-order valence-corrected chi connectivity index (χ0v) is 14.2. The highest BCUT2D eigenvalue weighted by Gasteiger charge is 2.37. The Kier molecular flexibility index (Phi) is 4.79. The molecule has 0 fully saturated rings. The van der Waals surface area contributed by atoms with Gasteiger partial charge in [-0.1, -0.05) is 17.3 Å². The van der Waals surface area contributed by atoms with Crippen LogP contribution in [0.25, 0.3) is 11.4 Å². The normalized spacial score (nSPS) is 12.6. The number of aromatic nitrogens is 5. The van der Waals surface area contributed by atoms with Crippen LogP contribution in [0.15, 0.2) is 35.1 Å². The fourth-order valence-corrected chi connectivity index (χ4v) is 2.16. The minimum atomic E-state index is -4.72. The van der Waals surface area contributed by atoms with Gasteiger partial charge in [-0.2, -0.15) is 23.3 Å². The van der Waals surface area contributed by atoms with Crippen molar-refractivity contribution in [2.24, 2.45) is 7.05 Å². The maximum atomic E-state index is 12.5. The van der Waals surface area contributed by atoms with E-state index in [9.17, 15) is 18.0 Å². The van der Waals surface area contributed by atoms with Gasteiger partial charge in [-0.05, 0) is 19.1 Å². The lowest BCUT2D eigenvalue weighted by Crippen LogP contribution is -2.31. The van der Waals surface area contributed by atoms with Gasteiger partial charge in [0.15, 0.2) is 5.82 Å². The minimum absolute atomic E-state index is 0.357. The Hall–Kier alpha value is -3.44. The first-order valence-electron chi connectivity index (χ1n) is 7.67. The Bertz CT molecular complexity index is 951.